The quantitative estimate of drug-likeness (QED) is 0.543. The van der Waals surface area contributed by atoms with Gasteiger partial charge in [-0.1, -0.05) is 37.3 Å². The standard InChI is InChI=1S/C19H20N2O6/c1-3-19(18(23)24,14-7-5-4-6-8-14)12-20-17(22)13-9-10-16(27-2)15(11-13)21(25)26/h4-11H,3,12H2,1-2H3,(H,20,22)(H,23,24). The van der Waals surface area contributed by atoms with E-state index in [9.17, 15) is 24.8 Å². The molecule has 0 radical (unpaired) electrons. The number of rotatable bonds is 8. The van der Waals surface area contributed by atoms with E-state index < -0.39 is 22.2 Å². The van der Waals surface area contributed by atoms with Gasteiger partial charge in [-0.15, -0.1) is 0 Å². The van der Waals surface area contributed by atoms with Gasteiger partial charge < -0.3 is 15.2 Å². The molecule has 0 heterocycles. The molecule has 0 aliphatic heterocycles. The van der Waals surface area contributed by atoms with Crippen LogP contribution in [0.2, 0.25) is 0 Å². The highest BCUT2D eigenvalue weighted by molar-refractivity contribution is 5.96. The van der Waals surface area contributed by atoms with Crippen molar-refractivity contribution in [1.29, 1.82) is 0 Å². The SMILES string of the molecule is CCC(CNC(=O)c1ccc(OC)c([N+](=O)[O-])c1)(C(=O)O)c1ccccc1. The summed E-state index contributed by atoms with van der Waals surface area (Å²) in [5.41, 5.74) is -1.02. The number of ether oxygens (including phenoxy) is 1. The number of nitro groups is 1. The van der Waals surface area contributed by atoms with Crippen LogP contribution in [0.4, 0.5) is 5.69 Å². The lowest BCUT2D eigenvalue weighted by Gasteiger charge is -2.29. The van der Waals surface area contributed by atoms with E-state index in [0.29, 0.717) is 5.56 Å². The number of aliphatic carboxylic acids is 1. The molecular formula is C19H20N2O6. The predicted octanol–water partition coefficient (Wildman–Crippen LogP) is 2.77. The third-order valence-electron chi connectivity index (χ3n) is 4.53. The number of amides is 1. The molecule has 1 atom stereocenters. The number of carbonyl (C=O) groups excluding carboxylic acids is 1. The monoisotopic (exact) mass is 372 g/mol. The van der Waals surface area contributed by atoms with Gasteiger partial charge in [0.25, 0.3) is 5.91 Å². The molecule has 0 spiro atoms. The number of carboxylic acid groups (broad SMARTS) is 1. The zero-order valence-corrected chi connectivity index (χ0v) is 15.0. The number of benzene rings is 2. The Bertz CT molecular complexity index is 853. The molecule has 2 rings (SSSR count). The van der Waals surface area contributed by atoms with Gasteiger partial charge >= 0.3 is 11.7 Å². The minimum absolute atomic E-state index is 0.0364. The van der Waals surface area contributed by atoms with Crippen molar-refractivity contribution >= 4 is 17.6 Å². The number of hydrogen-bond donors (Lipinski definition) is 2. The van der Waals surface area contributed by atoms with Crippen molar-refractivity contribution in [3.05, 3.63) is 69.8 Å². The van der Waals surface area contributed by atoms with Crippen molar-refractivity contribution in [3.8, 4) is 5.75 Å². The van der Waals surface area contributed by atoms with E-state index in [2.05, 4.69) is 5.32 Å². The maximum Gasteiger partial charge on any atom is 0.315 e. The molecule has 0 aliphatic rings. The maximum atomic E-state index is 12.5. The highest BCUT2D eigenvalue weighted by atomic mass is 16.6. The number of nitrogens with one attached hydrogen (secondary N) is 1. The van der Waals surface area contributed by atoms with Gasteiger partial charge in [0, 0.05) is 18.2 Å². The fraction of sp³-hybridized carbons (Fsp3) is 0.263. The van der Waals surface area contributed by atoms with E-state index in [1.807, 2.05) is 0 Å². The van der Waals surface area contributed by atoms with Crippen molar-refractivity contribution in [1.82, 2.24) is 5.32 Å². The van der Waals surface area contributed by atoms with E-state index in [4.69, 9.17) is 4.74 Å². The van der Waals surface area contributed by atoms with E-state index in [1.54, 1.807) is 37.3 Å². The zero-order valence-electron chi connectivity index (χ0n) is 15.0. The first kappa shape index (κ1) is 19.9. The van der Waals surface area contributed by atoms with Crippen LogP contribution < -0.4 is 10.1 Å². The molecule has 1 amide bonds. The van der Waals surface area contributed by atoms with Crippen molar-refractivity contribution in [2.75, 3.05) is 13.7 Å². The first-order valence-corrected chi connectivity index (χ1v) is 8.25. The van der Waals surface area contributed by atoms with Crippen LogP contribution in [0.3, 0.4) is 0 Å². The molecule has 2 aromatic rings. The third kappa shape index (κ3) is 4.05. The molecule has 0 fully saturated rings. The van der Waals surface area contributed by atoms with E-state index >= 15 is 0 Å². The van der Waals surface area contributed by atoms with Crippen LogP contribution in [0.15, 0.2) is 48.5 Å². The summed E-state index contributed by atoms with van der Waals surface area (Å²) in [6.07, 6.45) is 0.259. The molecule has 0 aromatic heterocycles. The van der Waals surface area contributed by atoms with Gasteiger partial charge in [0.1, 0.15) is 5.41 Å². The van der Waals surface area contributed by atoms with Crippen LogP contribution in [0.5, 0.6) is 5.75 Å². The van der Waals surface area contributed by atoms with E-state index in [1.165, 1.54) is 19.2 Å². The summed E-state index contributed by atoms with van der Waals surface area (Å²) in [7, 11) is 1.30. The Kier molecular flexibility index (Phi) is 6.12. The highest BCUT2D eigenvalue weighted by Gasteiger charge is 2.39. The van der Waals surface area contributed by atoms with E-state index in [0.717, 1.165) is 6.07 Å². The largest absolute Gasteiger partial charge is 0.490 e. The van der Waals surface area contributed by atoms with Crippen molar-refractivity contribution in [2.24, 2.45) is 0 Å². The number of nitrogens with zero attached hydrogens (tertiary/aromatic N) is 1. The average molecular weight is 372 g/mol. The predicted molar refractivity (Wildman–Crippen MR) is 98.0 cm³/mol. The van der Waals surface area contributed by atoms with Gasteiger partial charge in [0.2, 0.25) is 0 Å². The lowest BCUT2D eigenvalue weighted by atomic mass is 9.78. The Morgan fingerprint density at radius 3 is 2.41 bits per heavy atom. The fourth-order valence-electron chi connectivity index (χ4n) is 2.85. The maximum absolute atomic E-state index is 12.5. The smallest absolute Gasteiger partial charge is 0.315 e. The number of nitro benzene ring substituents is 1. The van der Waals surface area contributed by atoms with Crippen LogP contribution in [0.25, 0.3) is 0 Å². The zero-order chi connectivity index (χ0) is 20.0. The molecule has 0 saturated carbocycles. The number of methoxy groups -OCH3 is 1. The lowest BCUT2D eigenvalue weighted by molar-refractivity contribution is -0.385. The topological polar surface area (TPSA) is 119 Å². The highest BCUT2D eigenvalue weighted by Crippen LogP contribution is 2.29. The fourth-order valence-corrected chi connectivity index (χ4v) is 2.85. The molecular weight excluding hydrogens is 352 g/mol. The van der Waals surface area contributed by atoms with Gasteiger partial charge in [-0.25, -0.2) is 0 Å². The summed E-state index contributed by atoms with van der Waals surface area (Å²) >= 11 is 0. The Morgan fingerprint density at radius 2 is 1.89 bits per heavy atom. The van der Waals surface area contributed by atoms with Crippen molar-refractivity contribution in [2.45, 2.75) is 18.8 Å². The molecule has 0 aliphatic carbocycles. The summed E-state index contributed by atoms with van der Waals surface area (Å²) < 4.78 is 4.91. The van der Waals surface area contributed by atoms with Gasteiger partial charge in [0.15, 0.2) is 5.75 Å². The molecule has 1 unspecified atom stereocenters. The third-order valence-corrected chi connectivity index (χ3v) is 4.53. The average Bonchev–Trinajstić information content (AvgIpc) is 2.68. The molecule has 27 heavy (non-hydrogen) atoms. The van der Waals surface area contributed by atoms with Crippen LogP contribution in [0.1, 0.15) is 29.3 Å². The molecule has 0 saturated heterocycles. The minimum atomic E-state index is -1.30. The van der Waals surface area contributed by atoms with Gasteiger partial charge in [0.05, 0.1) is 12.0 Å². The molecule has 2 aromatic carbocycles. The summed E-state index contributed by atoms with van der Waals surface area (Å²) in [6, 6.07) is 12.5. The summed E-state index contributed by atoms with van der Waals surface area (Å²) in [6.45, 7) is 1.58. The van der Waals surface area contributed by atoms with Gasteiger partial charge in [-0.05, 0) is 24.1 Å². The number of carbonyl (C=O) groups is 2. The Hall–Kier alpha value is -3.42. The molecule has 8 heteroatoms. The van der Waals surface area contributed by atoms with Crippen molar-refractivity contribution in [3.63, 3.8) is 0 Å². The summed E-state index contributed by atoms with van der Waals surface area (Å²) in [5, 5.41) is 23.5. The normalized spacial score (nSPS) is 12.7. The number of hydrogen-bond acceptors (Lipinski definition) is 5. The second kappa shape index (κ2) is 8.31. The Balaban J connectivity index is 2.28. The Labute approximate surface area is 155 Å². The van der Waals surface area contributed by atoms with Crippen LogP contribution in [-0.4, -0.2) is 35.6 Å². The lowest BCUT2D eigenvalue weighted by Crippen LogP contribution is -2.46. The Morgan fingerprint density at radius 1 is 1.22 bits per heavy atom. The molecule has 2 N–H and O–H groups in total. The minimum Gasteiger partial charge on any atom is -0.490 e. The molecule has 0 bridgehead atoms. The first-order chi connectivity index (χ1) is 12.9. The summed E-state index contributed by atoms with van der Waals surface area (Å²) in [5.74, 6) is -1.62. The molecule has 142 valence electrons. The molecule has 8 nitrogen and oxygen atoms in total. The van der Waals surface area contributed by atoms with Gasteiger partial charge in [-0.2, -0.15) is 0 Å². The second-order valence-electron chi connectivity index (χ2n) is 5.93. The van der Waals surface area contributed by atoms with Crippen LogP contribution in [0, 0.1) is 10.1 Å². The first-order valence-electron chi connectivity index (χ1n) is 8.25. The van der Waals surface area contributed by atoms with Crippen LogP contribution >= 0.6 is 0 Å². The van der Waals surface area contributed by atoms with Crippen LogP contribution in [-0.2, 0) is 10.2 Å². The van der Waals surface area contributed by atoms with Crippen molar-refractivity contribution < 1.29 is 24.4 Å². The van der Waals surface area contributed by atoms with E-state index in [-0.39, 0.29) is 30.0 Å². The number of carboxylic acids is 1. The second-order valence-corrected chi connectivity index (χ2v) is 5.93. The summed E-state index contributed by atoms with van der Waals surface area (Å²) in [4.78, 5) is 34.9. The van der Waals surface area contributed by atoms with Gasteiger partial charge in [-0.3, -0.25) is 19.7 Å².